The molecule has 0 heterocycles. The maximum atomic E-state index is 12.8. The molecule has 0 N–H and O–H groups in total. The predicted molar refractivity (Wildman–Crippen MR) is 316 cm³/mol. The second-order valence-corrected chi connectivity index (χ2v) is 22.4. The fraction of sp³-hybridized carbons (Fsp3) is 0.896. The van der Waals surface area contributed by atoms with Crippen molar-refractivity contribution in [3.63, 3.8) is 0 Å². The van der Waals surface area contributed by atoms with Gasteiger partial charge < -0.3 is 14.2 Å². The second kappa shape index (κ2) is 62.4. The molecule has 0 aromatic heterocycles. The molecular formula is C67H126O6. The minimum Gasteiger partial charge on any atom is -0.462 e. The average molecular weight is 1030 g/mol. The van der Waals surface area contributed by atoms with Gasteiger partial charge in [-0.2, -0.15) is 0 Å². The van der Waals surface area contributed by atoms with Crippen molar-refractivity contribution in [3.8, 4) is 0 Å². The molecule has 6 nitrogen and oxygen atoms in total. The Morgan fingerprint density at radius 3 is 0.753 bits per heavy atom. The Labute approximate surface area is 455 Å². The molecule has 0 aromatic rings. The van der Waals surface area contributed by atoms with Crippen LogP contribution in [0.2, 0.25) is 0 Å². The van der Waals surface area contributed by atoms with Crippen LogP contribution in [0, 0.1) is 0 Å². The number of esters is 3. The number of carbonyl (C=O) groups excluding carboxylic acids is 3. The SMILES string of the molecule is CCCCCCC/C=C\C/C=C\CCCCCCCCCCCCCCCC(=O)OCC(COC(=O)CCCCCCC)OC(=O)CCCCCCCCCCCCCCCCCCCCCCCCCCC. The first-order valence-corrected chi connectivity index (χ1v) is 32.8. The summed E-state index contributed by atoms with van der Waals surface area (Å²) < 4.78 is 16.8. The van der Waals surface area contributed by atoms with Crippen molar-refractivity contribution in [2.45, 2.75) is 374 Å². The molecule has 0 bridgehead atoms. The zero-order chi connectivity index (χ0) is 52.9. The predicted octanol–water partition coefficient (Wildman–Crippen LogP) is 22.2. The van der Waals surface area contributed by atoms with Gasteiger partial charge in [0.05, 0.1) is 0 Å². The first kappa shape index (κ1) is 70.9. The van der Waals surface area contributed by atoms with Crippen LogP contribution in [0.4, 0.5) is 0 Å². The molecule has 0 aliphatic rings. The van der Waals surface area contributed by atoms with Gasteiger partial charge in [0.15, 0.2) is 6.10 Å². The lowest BCUT2D eigenvalue weighted by atomic mass is 10.0. The summed E-state index contributed by atoms with van der Waals surface area (Å²) in [6.45, 7) is 6.61. The number of hydrogen-bond acceptors (Lipinski definition) is 6. The lowest BCUT2D eigenvalue weighted by molar-refractivity contribution is -0.167. The highest BCUT2D eigenvalue weighted by atomic mass is 16.6. The van der Waals surface area contributed by atoms with Gasteiger partial charge in [-0.25, -0.2) is 0 Å². The molecule has 73 heavy (non-hydrogen) atoms. The van der Waals surface area contributed by atoms with E-state index in [0.717, 1.165) is 70.6 Å². The van der Waals surface area contributed by atoms with E-state index in [9.17, 15) is 14.4 Å². The molecule has 0 aliphatic carbocycles. The van der Waals surface area contributed by atoms with Crippen molar-refractivity contribution in [3.05, 3.63) is 24.3 Å². The van der Waals surface area contributed by atoms with Crippen LogP contribution in [0.5, 0.6) is 0 Å². The maximum Gasteiger partial charge on any atom is 0.306 e. The third kappa shape index (κ3) is 60.6. The van der Waals surface area contributed by atoms with Crippen molar-refractivity contribution in [1.29, 1.82) is 0 Å². The van der Waals surface area contributed by atoms with E-state index in [1.165, 1.54) is 257 Å². The molecule has 0 spiro atoms. The zero-order valence-electron chi connectivity index (χ0n) is 49.4. The van der Waals surface area contributed by atoms with E-state index in [2.05, 4.69) is 45.1 Å². The van der Waals surface area contributed by atoms with E-state index in [1.807, 2.05) is 0 Å². The molecular weight excluding hydrogens is 901 g/mol. The van der Waals surface area contributed by atoms with Gasteiger partial charge in [0.25, 0.3) is 0 Å². The number of carbonyl (C=O) groups is 3. The largest absolute Gasteiger partial charge is 0.462 e. The van der Waals surface area contributed by atoms with Crippen molar-refractivity contribution in [1.82, 2.24) is 0 Å². The van der Waals surface area contributed by atoms with Crippen LogP contribution in [0.15, 0.2) is 24.3 Å². The molecule has 0 fully saturated rings. The normalized spacial score (nSPS) is 12.1. The summed E-state index contributed by atoms with van der Waals surface area (Å²) in [6, 6.07) is 0. The topological polar surface area (TPSA) is 78.9 Å². The Bertz CT molecular complexity index is 1180. The Hall–Kier alpha value is -2.11. The number of rotatable bonds is 61. The van der Waals surface area contributed by atoms with Crippen LogP contribution >= 0.6 is 0 Å². The molecule has 0 aliphatic heterocycles. The molecule has 0 saturated heterocycles. The highest BCUT2D eigenvalue weighted by Crippen LogP contribution is 2.18. The van der Waals surface area contributed by atoms with Crippen molar-refractivity contribution in [2.24, 2.45) is 0 Å². The third-order valence-electron chi connectivity index (χ3n) is 15.0. The Balaban J connectivity index is 3.97. The van der Waals surface area contributed by atoms with E-state index in [0.29, 0.717) is 19.3 Å². The van der Waals surface area contributed by atoms with Crippen molar-refractivity contribution in [2.75, 3.05) is 13.2 Å². The third-order valence-corrected chi connectivity index (χ3v) is 15.0. The van der Waals surface area contributed by atoms with E-state index in [-0.39, 0.29) is 31.1 Å². The van der Waals surface area contributed by atoms with Gasteiger partial charge in [-0.3, -0.25) is 14.4 Å². The van der Waals surface area contributed by atoms with Crippen LogP contribution < -0.4 is 0 Å². The summed E-state index contributed by atoms with van der Waals surface area (Å²) in [5, 5.41) is 0. The quantitative estimate of drug-likeness (QED) is 0.0261. The molecule has 0 rings (SSSR count). The number of ether oxygens (including phenoxy) is 3. The Kier molecular flexibility index (Phi) is 60.6. The molecule has 0 amide bonds. The average Bonchev–Trinajstić information content (AvgIpc) is 3.39. The number of unbranched alkanes of at least 4 members (excludes halogenated alkanes) is 46. The molecule has 1 unspecified atom stereocenters. The minimum atomic E-state index is -0.765. The second-order valence-electron chi connectivity index (χ2n) is 22.4. The van der Waals surface area contributed by atoms with Crippen LogP contribution in [0.25, 0.3) is 0 Å². The molecule has 1 atom stereocenters. The summed E-state index contributed by atoms with van der Waals surface area (Å²) in [5.74, 6) is -0.857. The molecule has 0 saturated carbocycles. The molecule has 0 radical (unpaired) electrons. The van der Waals surface area contributed by atoms with Gasteiger partial charge in [-0.05, 0) is 51.4 Å². The standard InChI is InChI=1S/C67H126O6/c1-4-7-10-13-15-17-19-21-23-25-27-29-31-33-35-37-39-41-43-45-47-49-51-54-57-60-66(69)72-63-64(62-71-65(68)59-56-53-12-9-6-3)73-67(70)61-58-55-52-50-48-46-44-42-40-38-36-34-32-30-28-26-24-22-20-18-16-14-11-8-5-2/h19,21,25,27,64H,4-18,20,22-24,26,28-63H2,1-3H3/b21-19-,27-25-. The van der Waals surface area contributed by atoms with E-state index in [1.54, 1.807) is 0 Å². The maximum absolute atomic E-state index is 12.8. The monoisotopic (exact) mass is 1030 g/mol. The van der Waals surface area contributed by atoms with Crippen LogP contribution in [0.1, 0.15) is 367 Å². The van der Waals surface area contributed by atoms with Crippen LogP contribution in [0.3, 0.4) is 0 Å². The highest BCUT2D eigenvalue weighted by Gasteiger charge is 2.19. The lowest BCUT2D eigenvalue weighted by Gasteiger charge is -2.18. The summed E-state index contributed by atoms with van der Waals surface area (Å²) in [4.78, 5) is 37.9. The van der Waals surface area contributed by atoms with E-state index < -0.39 is 6.10 Å². The van der Waals surface area contributed by atoms with Gasteiger partial charge in [-0.15, -0.1) is 0 Å². The summed E-state index contributed by atoms with van der Waals surface area (Å²) in [7, 11) is 0. The molecule has 6 heteroatoms. The first-order valence-electron chi connectivity index (χ1n) is 32.8. The van der Waals surface area contributed by atoms with Crippen molar-refractivity contribution < 1.29 is 28.6 Å². The fourth-order valence-electron chi connectivity index (χ4n) is 10.0. The van der Waals surface area contributed by atoms with Gasteiger partial charge in [0.1, 0.15) is 13.2 Å². The highest BCUT2D eigenvalue weighted by molar-refractivity contribution is 5.71. The Morgan fingerprint density at radius 1 is 0.274 bits per heavy atom. The lowest BCUT2D eigenvalue weighted by Crippen LogP contribution is -2.30. The summed E-state index contributed by atoms with van der Waals surface area (Å²) in [6.07, 6.45) is 75.3. The van der Waals surface area contributed by atoms with Gasteiger partial charge >= 0.3 is 17.9 Å². The minimum absolute atomic E-state index is 0.0668. The Morgan fingerprint density at radius 2 is 0.493 bits per heavy atom. The van der Waals surface area contributed by atoms with Gasteiger partial charge in [-0.1, -0.05) is 321 Å². The van der Waals surface area contributed by atoms with Crippen molar-refractivity contribution >= 4 is 17.9 Å². The summed E-state index contributed by atoms with van der Waals surface area (Å²) in [5.41, 5.74) is 0. The van der Waals surface area contributed by atoms with E-state index in [4.69, 9.17) is 14.2 Å². The van der Waals surface area contributed by atoms with Gasteiger partial charge in [0.2, 0.25) is 0 Å². The number of allylic oxidation sites excluding steroid dienone is 4. The molecule has 430 valence electrons. The fourth-order valence-corrected chi connectivity index (χ4v) is 10.0. The van der Waals surface area contributed by atoms with Gasteiger partial charge in [0, 0.05) is 19.3 Å². The summed E-state index contributed by atoms with van der Waals surface area (Å²) >= 11 is 0. The first-order chi connectivity index (χ1) is 36.0. The smallest absolute Gasteiger partial charge is 0.306 e. The van der Waals surface area contributed by atoms with Crippen LogP contribution in [-0.4, -0.2) is 37.2 Å². The van der Waals surface area contributed by atoms with E-state index >= 15 is 0 Å². The zero-order valence-corrected chi connectivity index (χ0v) is 49.4. The number of hydrogen-bond donors (Lipinski definition) is 0. The molecule has 0 aromatic carbocycles. The van der Waals surface area contributed by atoms with Crippen LogP contribution in [-0.2, 0) is 28.6 Å².